The van der Waals surface area contributed by atoms with Crippen molar-refractivity contribution in [3.63, 3.8) is 0 Å². The highest BCUT2D eigenvalue weighted by Crippen LogP contribution is 2.42. The molecule has 0 bridgehead atoms. The number of allylic oxidation sites excluding steroid dienone is 1. The maximum Gasteiger partial charge on any atom is 0.387 e. The van der Waals surface area contributed by atoms with Crippen molar-refractivity contribution >= 4 is 11.3 Å². The van der Waals surface area contributed by atoms with E-state index in [0.717, 1.165) is 36.3 Å². The number of hydrogen-bond donors (Lipinski definition) is 1. The molecule has 1 aliphatic heterocycles. The van der Waals surface area contributed by atoms with Gasteiger partial charge in [-0.05, 0) is 48.8 Å². The number of ether oxygens (including phenoxy) is 2. The van der Waals surface area contributed by atoms with Crippen LogP contribution in [0.5, 0.6) is 5.75 Å². The Hall–Kier alpha value is -2.03. The lowest BCUT2D eigenvalue weighted by Gasteiger charge is -2.45. The fourth-order valence-corrected chi connectivity index (χ4v) is 5.52. The molecule has 2 aromatic rings. The molecule has 1 unspecified atom stereocenters. The Kier molecular flexibility index (Phi) is 7.36. The molecule has 0 radical (unpaired) electrons. The van der Waals surface area contributed by atoms with Gasteiger partial charge in [-0.25, -0.2) is 4.98 Å². The Bertz CT molecular complexity index is 988. The van der Waals surface area contributed by atoms with Gasteiger partial charge in [-0.15, -0.1) is 11.3 Å². The molecule has 5 nitrogen and oxygen atoms in total. The minimum atomic E-state index is -2.88. The average Bonchev–Trinajstić information content (AvgIpc) is 3.50. The summed E-state index contributed by atoms with van der Waals surface area (Å²) in [5, 5.41) is 11.7. The Morgan fingerprint density at radius 2 is 2.06 bits per heavy atom. The number of aliphatic hydroxyl groups excluding tert-OH is 1. The van der Waals surface area contributed by atoms with Crippen LogP contribution in [0, 0.1) is 11.8 Å². The number of hydrogen-bond acceptors (Lipinski definition) is 6. The van der Waals surface area contributed by atoms with Crippen LogP contribution in [0.2, 0.25) is 0 Å². The van der Waals surface area contributed by atoms with E-state index >= 15 is 0 Å². The molecule has 2 fully saturated rings. The normalized spacial score (nSPS) is 23.4. The van der Waals surface area contributed by atoms with Gasteiger partial charge in [-0.1, -0.05) is 32.9 Å². The summed E-state index contributed by atoms with van der Waals surface area (Å²) in [6, 6.07) is 6.73. The number of halogens is 2. The van der Waals surface area contributed by atoms with Crippen LogP contribution in [0.25, 0.3) is 10.6 Å². The fourth-order valence-electron chi connectivity index (χ4n) is 4.54. The van der Waals surface area contributed by atoms with Crippen LogP contribution in [0.1, 0.15) is 44.9 Å². The SMILES string of the molecule is CC(C)CO[C@@]1(C(O)=C2CC2)CC(C)CN(Cc2cnc(-c3ccccc3OC(F)F)s2)C1. The molecule has 33 heavy (non-hydrogen) atoms. The number of piperidine rings is 1. The van der Waals surface area contributed by atoms with Crippen LogP contribution in [0.3, 0.4) is 0 Å². The van der Waals surface area contributed by atoms with Gasteiger partial charge in [0.25, 0.3) is 0 Å². The minimum absolute atomic E-state index is 0.127. The first kappa shape index (κ1) is 24.1. The van der Waals surface area contributed by atoms with Gasteiger partial charge in [0, 0.05) is 30.7 Å². The van der Waals surface area contributed by atoms with E-state index in [4.69, 9.17) is 4.74 Å². The highest BCUT2D eigenvalue weighted by molar-refractivity contribution is 7.15. The predicted octanol–water partition coefficient (Wildman–Crippen LogP) is 6.27. The highest BCUT2D eigenvalue weighted by Gasteiger charge is 2.45. The maximum atomic E-state index is 12.8. The van der Waals surface area contributed by atoms with Crippen LogP contribution < -0.4 is 4.74 Å². The lowest BCUT2D eigenvalue weighted by atomic mass is 9.84. The van der Waals surface area contributed by atoms with Gasteiger partial charge in [-0.3, -0.25) is 4.90 Å². The van der Waals surface area contributed by atoms with Gasteiger partial charge in [0.2, 0.25) is 0 Å². The van der Waals surface area contributed by atoms with Crippen molar-refractivity contribution < 1.29 is 23.4 Å². The molecule has 1 aromatic carbocycles. The zero-order valence-corrected chi connectivity index (χ0v) is 20.2. The van der Waals surface area contributed by atoms with E-state index in [9.17, 15) is 13.9 Å². The molecule has 1 N–H and O–H groups in total. The average molecular weight is 479 g/mol. The summed E-state index contributed by atoms with van der Waals surface area (Å²) < 4.78 is 36.7. The molecular weight excluding hydrogens is 446 g/mol. The summed E-state index contributed by atoms with van der Waals surface area (Å²) in [6.45, 7) is 6.33. The van der Waals surface area contributed by atoms with E-state index in [1.165, 1.54) is 17.4 Å². The zero-order chi connectivity index (χ0) is 23.6. The Labute approximate surface area is 198 Å². The monoisotopic (exact) mass is 478 g/mol. The van der Waals surface area contributed by atoms with Crippen molar-refractivity contribution in [1.29, 1.82) is 0 Å². The van der Waals surface area contributed by atoms with E-state index in [1.54, 1.807) is 24.4 Å². The second kappa shape index (κ2) is 10.1. The van der Waals surface area contributed by atoms with Crippen molar-refractivity contribution in [1.82, 2.24) is 9.88 Å². The number of benzene rings is 1. The zero-order valence-electron chi connectivity index (χ0n) is 19.4. The molecule has 8 heteroatoms. The number of rotatable bonds is 9. The third-order valence-corrected chi connectivity index (χ3v) is 6.97. The summed E-state index contributed by atoms with van der Waals surface area (Å²) >= 11 is 1.47. The standard InChI is InChI=1S/C25H32F2N2O3S/c1-16(2)14-31-25(22(30)18-8-9-18)10-17(3)12-29(15-25)13-19-11-28-23(33-19)20-6-4-5-7-21(20)32-24(26)27/h4-7,11,16-17,24,30H,8-10,12-15H2,1-3H3/t17?,25-/m0/s1. The number of nitrogens with zero attached hydrogens (tertiary/aromatic N) is 2. The number of aromatic nitrogens is 1. The van der Waals surface area contributed by atoms with E-state index in [0.29, 0.717) is 47.9 Å². The van der Waals surface area contributed by atoms with E-state index in [2.05, 4.69) is 35.4 Å². The molecule has 0 amide bonds. The smallest absolute Gasteiger partial charge is 0.387 e. The van der Waals surface area contributed by atoms with Crippen molar-refractivity contribution in [2.45, 2.75) is 58.8 Å². The summed E-state index contributed by atoms with van der Waals surface area (Å²) in [7, 11) is 0. The van der Waals surface area contributed by atoms with Crippen LogP contribution in [0.15, 0.2) is 41.8 Å². The van der Waals surface area contributed by atoms with Crippen LogP contribution in [0.4, 0.5) is 8.78 Å². The molecule has 1 saturated heterocycles. The van der Waals surface area contributed by atoms with Crippen molar-refractivity contribution in [3.8, 4) is 16.3 Å². The van der Waals surface area contributed by atoms with Crippen LogP contribution in [-0.4, -0.2) is 46.9 Å². The maximum absolute atomic E-state index is 12.8. The Morgan fingerprint density at radius 3 is 2.76 bits per heavy atom. The quantitative estimate of drug-likeness (QED) is 0.431. The highest BCUT2D eigenvalue weighted by atomic mass is 32.1. The van der Waals surface area contributed by atoms with Crippen LogP contribution >= 0.6 is 11.3 Å². The topological polar surface area (TPSA) is 54.8 Å². The van der Waals surface area contributed by atoms with E-state index < -0.39 is 12.2 Å². The van der Waals surface area contributed by atoms with Gasteiger partial charge < -0.3 is 14.6 Å². The third kappa shape index (κ3) is 5.91. The molecule has 180 valence electrons. The summed E-state index contributed by atoms with van der Waals surface area (Å²) in [5.74, 6) is 1.30. The molecular formula is C25H32F2N2O3S. The molecule has 1 aliphatic carbocycles. The van der Waals surface area contributed by atoms with Crippen molar-refractivity contribution in [3.05, 3.63) is 46.7 Å². The summed E-state index contributed by atoms with van der Waals surface area (Å²) in [5.41, 5.74) is 1.01. The molecule has 2 aliphatic rings. The summed E-state index contributed by atoms with van der Waals surface area (Å²) in [6.07, 6.45) is 4.50. The minimum Gasteiger partial charge on any atom is -0.509 e. The fraction of sp³-hybridized carbons (Fsp3) is 0.560. The molecule has 2 heterocycles. The number of para-hydroxylation sites is 1. The first-order valence-electron chi connectivity index (χ1n) is 11.5. The van der Waals surface area contributed by atoms with E-state index in [-0.39, 0.29) is 5.75 Å². The van der Waals surface area contributed by atoms with Gasteiger partial charge >= 0.3 is 6.61 Å². The lowest BCUT2D eigenvalue weighted by molar-refractivity contribution is -0.108. The molecule has 1 aromatic heterocycles. The Balaban J connectivity index is 1.53. The Morgan fingerprint density at radius 1 is 1.30 bits per heavy atom. The first-order chi connectivity index (χ1) is 15.8. The molecule has 2 atom stereocenters. The molecule has 1 saturated carbocycles. The van der Waals surface area contributed by atoms with Crippen molar-refractivity contribution in [2.75, 3.05) is 19.7 Å². The number of thiazole rings is 1. The van der Waals surface area contributed by atoms with Crippen molar-refractivity contribution in [2.24, 2.45) is 11.8 Å². The predicted molar refractivity (Wildman–Crippen MR) is 126 cm³/mol. The molecule has 4 rings (SSSR count). The third-order valence-electron chi connectivity index (χ3n) is 5.95. The lowest BCUT2D eigenvalue weighted by Crippen LogP contribution is -2.54. The van der Waals surface area contributed by atoms with Gasteiger partial charge in [0.15, 0.2) is 0 Å². The number of aliphatic hydroxyl groups is 1. The summed E-state index contributed by atoms with van der Waals surface area (Å²) in [4.78, 5) is 7.83. The van der Waals surface area contributed by atoms with Gasteiger partial charge in [0.05, 0.1) is 12.2 Å². The second-order valence-corrected chi connectivity index (χ2v) is 10.8. The first-order valence-corrected chi connectivity index (χ1v) is 12.3. The molecule has 0 spiro atoms. The number of alkyl halides is 2. The van der Waals surface area contributed by atoms with E-state index in [1.807, 2.05) is 0 Å². The number of likely N-dealkylation sites (tertiary alicyclic amines) is 1. The second-order valence-electron chi connectivity index (χ2n) is 9.64. The van der Waals surface area contributed by atoms with Gasteiger partial charge in [-0.2, -0.15) is 8.78 Å². The van der Waals surface area contributed by atoms with Gasteiger partial charge in [0.1, 0.15) is 22.1 Å². The van der Waals surface area contributed by atoms with Crippen LogP contribution in [-0.2, 0) is 11.3 Å². The largest absolute Gasteiger partial charge is 0.509 e.